The fourth-order valence-electron chi connectivity index (χ4n) is 2.64. The van der Waals surface area contributed by atoms with Crippen molar-refractivity contribution in [2.24, 2.45) is 0 Å². The summed E-state index contributed by atoms with van der Waals surface area (Å²) in [6, 6.07) is 7.53. The molecule has 1 atom stereocenters. The number of aromatic nitrogens is 1. The van der Waals surface area contributed by atoms with Gasteiger partial charge in [0.25, 0.3) is 5.91 Å². The van der Waals surface area contributed by atoms with Crippen LogP contribution in [0.1, 0.15) is 59.6 Å². The molecule has 1 amide bonds. The molecule has 0 aliphatic heterocycles. The Balaban J connectivity index is 1.74. The SMILES string of the molecule is CC(C)c1cc(C(=O)NC2CCc3cc(Cl)ccc32)no1. The lowest BCUT2D eigenvalue weighted by molar-refractivity contribution is 0.0927. The molecule has 0 bridgehead atoms. The highest BCUT2D eigenvalue weighted by Gasteiger charge is 2.25. The zero-order chi connectivity index (χ0) is 15.0. The topological polar surface area (TPSA) is 55.1 Å². The van der Waals surface area contributed by atoms with E-state index in [2.05, 4.69) is 10.5 Å². The van der Waals surface area contributed by atoms with Crippen LogP contribution in [0.4, 0.5) is 0 Å². The fraction of sp³-hybridized carbons (Fsp3) is 0.375. The molecular formula is C16H17ClN2O2. The number of hydrogen-bond acceptors (Lipinski definition) is 3. The molecule has 4 nitrogen and oxygen atoms in total. The van der Waals surface area contributed by atoms with Gasteiger partial charge in [0.2, 0.25) is 0 Å². The van der Waals surface area contributed by atoms with Crippen molar-refractivity contribution in [3.63, 3.8) is 0 Å². The van der Waals surface area contributed by atoms with E-state index in [0.29, 0.717) is 5.69 Å². The number of carbonyl (C=O) groups is 1. The van der Waals surface area contributed by atoms with Gasteiger partial charge in [-0.05, 0) is 36.1 Å². The van der Waals surface area contributed by atoms with E-state index in [1.807, 2.05) is 32.0 Å². The lowest BCUT2D eigenvalue weighted by atomic mass is 10.1. The molecule has 5 heteroatoms. The molecular weight excluding hydrogens is 288 g/mol. The Bertz CT molecular complexity index is 679. The average Bonchev–Trinajstić information content (AvgIpc) is 3.06. The van der Waals surface area contributed by atoms with Gasteiger partial charge < -0.3 is 9.84 Å². The minimum atomic E-state index is -0.196. The van der Waals surface area contributed by atoms with Gasteiger partial charge in [-0.25, -0.2) is 0 Å². The van der Waals surface area contributed by atoms with E-state index >= 15 is 0 Å². The maximum atomic E-state index is 12.3. The summed E-state index contributed by atoms with van der Waals surface area (Å²) >= 11 is 6.00. The third-order valence-electron chi connectivity index (χ3n) is 3.82. The lowest BCUT2D eigenvalue weighted by Crippen LogP contribution is -2.27. The number of fused-ring (bicyclic) bond motifs is 1. The van der Waals surface area contributed by atoms with Gasteiger partial charge in [-0.15, -0.1) is 0 Å². The summed E-state index contributed by atoms with van der Waals surface area (Å²) < 4.78 is 5.17. The standard InChI is InChI=1S/C16H17ClN2O2/c1-9(2)15-8-14(19-21-15)16(20)18-13-6-3-10-7-11(17)4-5-12(10)13/h4-5,7-9,13H,3,6H2,1-2H3,(H,18,20). The van der Waals surface area contributed by atoms with Crippen molar-refractivity contribution in [3.05, 3.63) is 51.9 Å². The molecule has 0 saturated heterocycles. The Hall–Kier alpha value is -1.81. The monoisotopic (exact) mass is 304 g/mol. The second-order valence-electron chi connectivity index (χ2n) is 5.68. The molecule has 1 aliphatic rings. The number of rotatable bonds is 3. The predicted octanol–water partition coefficient (Wildman–Crippen LogP) is 3.87. The Morgan fingerprint density at radius 1 is 1.43 bits per heavy atom. The molecule has 0 spiro atoms. The molecule has 2 aromatic rings. The molecule has 0 radical (unpaired) electrons. The maximum Gasteiger partial charge on any atom is 0.273 e. The normalized spacial score (nSPS) is 17.0. The number of carbonyl (C=O) groups excluding carboxylic acids is 1. The highest BCUT2D eigenvalue weighted by Crippen LogP contribution is 2.33. The van der Waals surface area contributed by atoms with Crippen LogP contribution in [0.25, 0.3) is 0 Å². The summed E-state index contributed by atoms with van der Waals surface area (Å²) in [5.41, 5.74) is 2.68. The van der Waals surface area contributed by atoms with E-state index in [1.165, 1.54) is 5.56 Å². The minimum Gasteiger partial charge on any atom is -0.360 e. The van der Waals surface area contributed by atoms with Gasteiger partial charge in [0.1, 0.15) is 5.76 Å². The van der Waals surface area contributed by atoms with Gasteiger partial charge in [-0.1, -0.05) is 36.7 Å². The fourth-order valence-corrected chi connectivity index (χ4v) is 2.83. The molecule has 0 saturated carbocycles. The lowest BCUT2D eigenvalue weighted by Gasteiger charge is -2.12. The molecule has 21 heavy (non-hydrogen) atoms. The molecule has 3 rings (SSSR count). The van der Waals surface area contributed by atoms with Crippen LogP contribution in [0.2, 0.25) is 5.02 Å². The van der Waals surface area contributed by atoms with E-state index in [-0.39, 0.29) is 17.9 Å². The second kappa shape index (κ2) is 5.53. The molecule has 1 N–H and O–H groups in total. The quantitative estimate of drug-likeness (QED) is 0.936. The van der Waals surface area contributed by atoms with E-state index in [4.69, 9.17) is 16.1 Å². The van der Waals surface area contributed by atoms with Crippen molar-refractivity contribution >= 4 is 17.5 Å². The summed E-state index contributed by atoms with van der Waals surface area (Å²) in [4.78, 5) is 12.3. The molecule has 1 unspecified atom stereocenters. The van der Waals surface area contributed by atoms with Crippen molar-refractivity contribution in [1.82, 2.24) is 10.5 Å². The first-order valence-electron chi connectivity index (χ1n) is 7.10. The molecule has 1 aromatic carbocycles. The zero-order valence-corrected chi connectivity index (χ0v) is 12.8. The first-order valence-corrected chi connectivity index (χ1v) is 7.48. The summed E-state index contributed by atoms with van der Waals surface area (Å²) in [5, 5.41) is 7.59. The van der Waals surface area contributed by atoms with Crippen molar-refractivity contribution in [2.45, 2.75) is 38.6 Å². The van der Waals surface area contributed by atoms with Gasteiger partial charge in [-0.2, -0.15) is 0 Å². The number of nitrogens with one attached hydrogen (secondary N) is 1. The Morgan fingerprint density at radius 3 is 2.95 bits per heavy atom. The third-order valence-corrected chi connectivity index (χ3v) is 4.05. The smallest absolute Gasteiger partial charge is 0.273 e. The zero-order valence-electron chi connectivity index (χ0n) is 12.0. The van der Waals surface area contributed by atoms with Gasteiger partial charge in [0.05, 0.1) is 6.04 Å². The van der Waals surface area contributed by atoms with Crippen molar-refractivity contribution in [1.29, 1.82) is 0 Å². The van der Waals surface area contributed by atoms with Crippen LogP contribution in [0.15, 0.2) is 28.8 Å². The average molecular weight is 305 g/mol. The summed E-state index contributed by atoms with van der Waals surface area (Å²) in [5.74, 6) is 0.741. The number of hydrogen-bond donors (Lipinski definition) is 1. The summed E-state index contributed by atoms with van der Waals surface area (Å²) in [6.07, 6.45) is 1.81. The highest BCUT2D eigenvalue weighted by molar-refractivity contribution is 6.30. The highest BCUT2D eigenvalue weighted by atomic mass is 35.5. The van der Waals surface area contributed by atoms with E-state index in [9.17, 15) is 4.79 Å². The Kier molecular flexibility index (Phi) is 3.72. The predicted molar refractivity (Wildman–Crippen MR) is 80.6 cm³/mol. The Labute approximate surface area is 128 Å². The Morgan fingerprint density at radius 2 is 2.24 bits per heavy atom. The van der Waals surface area contributed by atoms with Crippen LogP contribution in [0.3, 0.4) is 0 Å². The second-order valence-corrected chi connectivity index (χ2v) is 6.11. The maximum absolute atomic E-state index is 12.3. The van der Waals surface area contributed by atoms with Gasteiger partial charge in [0, 0.05) is 17.0 Å². The van der Waals surface area contributed by atoms with Crippen LogP contribution in [-0.4, -0.2) is 11.1 Å². The molecule has 110 valence electrons. The van der Waals surface area contributed by atoms with Crippen molar-refractivity contribution < 1.29 is 9.32 Å². The molecule has 1 aromatic heterocycles. The molecule has 1 aliphatic carbocycles. The number of benzene rings is 1. The van der Waals surface area contributed by atoms with E-state index in [1.54, 1.807) is 6.07 Å². The van der Waals surface area contributed by atoms with Gasteiger partial charge in [0.15, 0.2) is 5.69 Å². The summed E-state index contributed by atoms with van der Waals surface area (Å²) in [6.45, 7) is 4.00. The van der Waals surface area contributed by atoms with E-state index < -0.39 is 0 Å². The number of nitrogens with zero attached hydrogens (tertiary/aromatic N) is 1. The van der Waals surface area contributed by atoms with Crippen LogP contribution in [0, 0.1) is 0 Å². The first kappa shape index (κ1) is 14.1. The minimum absolute atomic E-state index is 0.0176. The number of aryl methyl sites for hydroxylation is 1. The molecule has 1 heterocycles. The first-order chi connectivity index (χ1) is 10.0. The van der Waals surface area contributed by atoms with E-state index in [0.717, 1.165) is 29.2 Å². The van der Waals surface area contributed by atoms with Crippen molar-refractivity contribution in [3.8, 4) is 0 Å². The summed E-state index contributed by atoms with van der Waals surface area (Å²) in [7, 11) is 0. The van der Waals surface area contributed by atoms with Crippen LogP contribution < -0.4 is 5.32 Å². The molecule has 0 fully saturated rings. The largest absolute Gasteiger partial charge is 0.360 e. The van der Waals surface area contributed by atoms with Crippen LogP contribution in [-0.2, 0) is 6.42 Å². The van der Waals surface area contributed by atoms with Crippen LogP contribution >= 0.6 is 11.6 Å². The third kappa shape index (κ3) is 2.81. The van der Waals surface area contributed by atoms with Gasteiger partial charge >= 0.3 is 0 Å². The van der Waals surface area contributed by atoms with Crippen molar-refractivity contribution in [2.75, 3.05) is 0 Å². The van der Waals surface area contributed by atoms with Gasteiger partial charge in [-0.3, -0.25) is 4.79 Å². The number of halogens is 1. The number of amides is 1. The van der Waals surface area contributed by atoms with Crippen LogP contribution in [0.5, 0.6) is 0 Å².